The second kappa shape index (κ2) is 9.58. The fourth-order valence-corrected chi connectivity index (χ4v) is 3.84. The molecule has 0 saturated heterocycles. The van der Waals surface area contributed by atoms with E-state index in [1.807, 2.05) is 6.92 Å². The number of nitrogens with zero attached hydrogens (tertiary/aromatic N) is 2. The maximum atomic E-state index is 13.2. The SMILES string of the molecule is COC(=O)Cc1[nH]n(-c2ccc(OC)cc2)c(=O)c1C(C)=NC1CCCCCC1. The summed E-state index contributed by atoms with van der Waals surface area (Å²) in [5.41, 5.74) is 2.09. The number of methoxy groups -OCH3 is 2. The average Bonchev–Trinajstić information content (AvgIpc) is 2.88. The molecule has 0 atom stereocenters. The van der Waals surface area contributed by atoms with Crippen molar-refractivity contribution >= 4 is 11.7 Å². The number of aliphatic imine (C=N–C) groups is 1. The Morgan fingerprint density at radius 3 is 2.38 bits per heavy atom. The fourth-order valence-electron chi connectivity index (χ4n) is 3.84. The van der Waals surface area contributed by atoms with E-state index >= 15 is 0 Å². The number of rotatable bonds is 6. The predicted octanol–water partition coefficient (Wildman–Crippen LogP) is 3.42. The number of ether oxygens (including phenoxy) is 2. The first-order valence-corrected chi connectivity index (χ1v) is 10.1. The Balaban J connectivity index is 2.01. The topological polar surface area (TPSA) is 85.7 Å². The first-order valence-electron chi connectivity index (χ1n) is 10.1. The van der Waals surface area contributed by atoms with Crippen molar-refractivity contribution in [3.05, 3.63) is 45.9 Å². The molecule has 2 aromatic rings. The van der Waals surface area contributed by atoms with Crippen LogP contribution in [0.1, 0.15) is 56.7 Å². The summed E-state index contributed by atoms with van der Waals surface area (Å²) in [6.07, 6.45) is 6.89. The van der Waals surface area contributed by atoms with Crippen molar-refractivity contribution in [1.29, 1.82) is 0 Å². The zero-order valence-electron chi connectivity index (χ0n) is 17.4. The molecular weight excluding hydrogens is 370 g/mol. The molecule has 3 rings (SSSR count). The second-order valence-corrected chi connectivity index (χ2v) is 7.42. The first kappa shape index (κ1) is 20.9. The van der Waals surface area contributed by atoms with Gasteiger partial charge in [0.2, 0.25) is 0 Å². The molecule has 0 spiro atoms. The standard InChI is InChI=1S/C22H29N3O4/c1-15(23-16-8-6-4-5-7-9-16)21-19(14-20(26)29-3)24-25(22(21)27)17-10-12-18(28-2)13-11-17/h10-13,16,24H,4-9,14H2,1-3H3. The number of aromatic amines is 1. The Morgan fingerprint density at radius 1 is 1.14 bits per heavy atom. The van der Waals surface area contributed by atoms with E-state index in [1.54, 1.807) is 31.4 Å². The predicted molar refractivity (Wildman–Crippen MR) is 112 cm³/mol. The smallest absolute Gasteiger partial charge is 0.311 e. The van der Waals surface area contributed by atoms with Crippen molar-refractivity contribution in [2.24, 2.45) is 4.99 Å². The van der Waals surface area contributed by atoms with Crippen LogP contribution in [0.4, 0.5) is 0 Å². The van der Waals surface area contributed by atoms with E-state index in [0.717, 1.165) is 12.8 Å². The van der Waals surface area contributed by atoms with Gasteiger partial charge in [-0.2, -0.15) is 0 Å². The third-order valence-electron chi connectivity index (χ3n) is 5.41. The molecule has 1 aliphatic rings. The van der Waals surface area contributed by atoms with Gasteiger partial charge in [0.25, 0.3) is 5.56 Å². The van der Waals surface area contributed by atoms with E-state index < -0.39 is 5.97 Å². The molecule has 1 aliphatic carbocycles. The Kier molecular flexibility index (Phi) is 6.90. The number of carbonyl (C=O) groups is 1. The van der Waals surface area contributed by atoms with Gasteiger partial charge in [-0.25, -0.2) is 4.68 Å². The average molecular weight is 399 g/mol. The lowest BCUT2D eigenvalue weighted by atomic mass is 10.1. The highest BCUT2D eigenvalue weighted by Crippen LogP contribution is 2.21. The minimum atomic E-state index is -0.406. The molecule has 1 N–H and O–H groups in total. The maximum Gasteiger partial charge on any atom is 0.311 e. The number of esters is 1. The molecule has 1 saturated carbocycles. The number of hydrogen-bond donors (Lipinski definition) is 1. The number of carbonyl (C=O) groups excluding carboxylic acids is 1. The highest BCUT2D eigenvalue weighted by molar-refractivity contribution is 6.00. The lowest BCUT2D eigenvalue weighted by Gasteiger charge is -2.10. The van der Waals surface area contributed by atoms with Gasteiger partial charge in [0.15, 0.2) is 0 Å². The lowest BCUT2D eigenvalue weighted by Crippen LogP contribution is -2.21. The van der Waals surface area contributed by atoms with Gasteiger partial charge in [-0.15, -0.1) is 0 Å². The molecule has 0 bridgehead atoms. The molecule has 0 radical (unpaired) electrons. The van der Waals surface area contributed by atoms with Gasteiger partial charge in [0.05, 0.1) is 43.6 Å². The van der Waals surface area contributed by atoms with Gasteiger partial charge < -0.3 is 9.47 Å². The number of benzene rings is 1. The van der Waals surface area contributed by atoms with Gasteiger partial charge >= 0.3 is 5.97 Å². The van der Waals surface area contributed by atoms with E-state index in [1.165, 1.54) is 37.5 Å². The molecule has 29 heavy (non-hydrogen) atoms. The summed E-state index contributed by atoms with van der Waals surface area (Å²) in [5.74, 6) is 0.297. The van der Waals surface area contributed by atoms with E-state index in [-0.39, 0.29) is 18.0 Å². The normalized spacial score (nSPS) is 15.8. The Hall–Kier alpha value is -2.83. The highest BCUT2D eigenvalue weighted by atomic mass is 16.5. The molecule has 1 fully saturated rings. The van der Waals surface area contributed by atoms with Crippen molar-refractivity contribution in [3.63, 3.8) is 0 Å². The van der Waals surface area contributed by atoms with Crippen molar-refractivity contribution < 1.29 is 14.3 Å². The van der Waals surface area contributed by atoms with Gasteiger partial charge in [-0.1, -0.05) is 25.7 Å². The van der Waals surface area contributed by atoms with Crippen LogP contribution in [0.25, 0.3) is 5.69 Å². The van der Waals surface area contributed by atoms with E-state index in [9.17, 15) is 9.59 Å². The van der Waals surface area contributed by atoms with Gasteiger partial charge in [-0.3, -0.25) is 19.7 Å². The molecule has 1 aromatic heterocycles. The Labute approximate surface area is 170 Å². The number of hydrogen-bond acceptors (Lipinski definition) is 5. The summed E-state index contributed by atoms with van der Waals surface area (Å²) in [6, 6.07) is 7.39. The third-order valence-corrected chi connectivity index (χ3v) is 5.41. The molecular formula is C22H29N3O4. The van der Waals surface area contributed by atoms with Crippen LogP contribution in [-0.2, 0) is 16.0 Å². The minimum Gasteiger partial charge on any atom is -0.497 e. The zero-order chi connectivity index (χ0) is 20.8. The maximum absolute atomic E-state index is 13.2. The van der Waals surface area contributed by atoms with E-state index in [0.29, 0.717) is 28.4 Å². The number of nitrogens with one attached hydrogen (secondary N) is 1. The fraction of sp³-hybridized carbons (Fsp3) is 0.500. The van der Waals surface area contributed by atoms with Crippen LogP contribution in [-0.4, -0.2) is 41.7 Å². The summed E-state index contributed by atoms with van der Waals surface area (Å²) in [4.78, 5) is 30.0. The van der Waals surface area contributed by atoms with Crippen molar-refractivity contribution in [2.45, 2.75) is 57.9 Å². The quantitative estimate of drug-likeness (QED) is 0.458. The van der Waals surface area contributed by atoms with Crippen LogP contribution in [0.3, 0.4) is 0 Å². The number of H-pyrrole nitrogens is 1. The third kappa shape index (κ3) is 4.96. The van der Waals surface area contributed by atoms with E-state index in [4.69, 9.17) is 14.5 Å². The minimum absolute atomic E-state index is 0.0121. The van der Waals surface area contributed by atoms with Gasteiger partial charge in [0.1, 0.15) is 5.75 Å². The van der Waals surface area contributed by atoms with Gasteiger partial charge in [0, 0.05) is 5.71 Å². The van der Waals surface area contributed by atoms with Crippen molar-refractivity contribution in [1.82, 2.24) is 9.78 Å². The first-order chi connectivity index (χ1) is 14.0. The van der Waals surface area contributed by atoms with Crippen LogP contribution in [0.15, 0.2) is 34.1 Å². The van der Waals surface area contributed by atoms with Gasteiger partial charge in [-0.05, 0) is 44.0 Å². The monoisotopic (exact) mass is 399 g/mol. The van der Waals surface area contributed by atoms with Crippen LogP contribution in [0.2, 0.25) is 0 Å². The molecule has 0 aliphatic heterocycles. The van der Waals surface area contributed by atoms with Crippen molar-refractivity contribution in [2.75, 3.05) is 14.2 Å². The second-order valence-electron chi connectivity index (χ2n) is 7.42. The lowest BCUT2D eigenvalue weighted by molar-refractivity contribution is -0.139. The van der Waals surface area contributed by atoms with Crippen LogP contribution in [0.5, 0.6) is 5.75 Å². The number of aromatic nitrogens is 2. The van der Waals surface area contributed by atoms with Crippen LogP contribution >= 0.6 is 0 Å². The molecule has 0 amide bonds. The molecule has 0 unspecified atom stereocenters. The summed E-state index contributed by atoms with van der Waals surface area (Å²) >= 11 is 0. The molecule has 7 heteroatoms. The molecule has 1 aromatic carbocycles. The molecule has 156 valence electrons. The largest absolute Gasteiger partial charge is 0.497 e. The Morgan fingerprint density at radius 2 is 1.79 bits per heavy atom. The molecule has 1 heterocycles. The highest BCUT2D eigenvalue weighted by Gasteiger charge is 2.21. The summed E-state index contributed by atoms with van der Waals surface area (Å²) in [5, 5.41) is 3.08. The molecule has 7 nitrogen and oxygen atoms in total. The zero-order valence-corrected chi connectivity index (χ0v) is 17.4. The summed E-state index contributed by atoms with van der Waals surface area (Å²) in [7, 11) is 2.93. The summed E-state index contributed by atoms with van der Waals surface area (Å²) in [6.45, 7) is 1.86. The Bertz CT molecular complexity index is 917. The van der Waals surface area contributed by atoms with E-state index in [2.05, 4.69) is 5.10 Å². The van der Waals surface area contributed by atoms with Crippen LogP contribution < -0.4 is 10.3 Å². The summed E-state index contributed by atoms with van der Waals surface area (Å²) < 4.78 is 11.4. The van der Waals surface area contributed by atoms with Crippen molar-refractivity contribution in [3.8, 4) is 11.4 Å². The van der Waals surface area contributed by atoms with Crippen LogP contribution in [0, 0.1) is 0 Å².